The van der Waals surface area contributed by atoms with Crippen LogP contribution in [-0.4, -0.2) is 26.1 Å². The Morgan fingerprint density at radius 3 is 2.75 bits per heavy atom. The van der Waals surface area contributed by atoms with Gasteiger partial charge in [-0.1, -0.05) is 25.1 Å². The molecule has 1 atom stereocenters. The average Bonchev–Trinajstić information content (AvgIpc) is 2.53. The van der Waals surface area contributed by atoms with Gasteiger partial charge in [0.05, 0.1) is 11.0 Å². The molecular weight excluding hydrogens is 314 g/mol. The number of hydrogen-bond acceptors (Lipinski definition) is 6. The summed E-state index contributed by atoms with van der Waals surface area (Å²) in [6, 6.07) is 7.30. The lowest BCUT2D eigenvalue weighted by molar-refractivity contribution is -0.387. The van der Waals surface area contributed by atoms with E-state index in [-0.39, 0.29) is 11.9 Å². The summed E-state index contributed by atoms with van der Waals surface area (Å²) in [5.74, 6) is -0.259. The van der Waals surface area contributed by atoms with E-state index >= 15 is 0 Å². The fourth-order valence-electron chi connectivity index (χ4n) is 1.91. The topological polar surface area (TPSA) is 118 Å². The minimum atomic E-state index is -1.02. The zero-order chi connectivity index (χ0) is 17.7. The molecule has 0 saturated carbocycles. The predicted octanol–water partition coefficient (Wildman–Crippen LogP) is 2.73. The van der Waals surface area contributed by atoms with Gasteiger partial charge in [0, 0.05) is 5.56 Å². The molecule has 0 amide bonds. The minimum Gasteiger partial charge on any atom is -0.490 e. The van der Waals surface area contributed by atoms with E-state index in [0.717, 1.165) is 12.0 Å². The fraction of sp³-hybridized carbons (Fsp3) is 0.250. The Kier molecular flexibility index (Phi) is 5.31. The third kappa shape index (κ3) is 3.97. The molecular formula is C16H17N3O5. The van der Waals surface area contributed by atoms with Gasteiger partial charge in [0.2, 0.25) is 0 Å². The lowest BCUT2D eigenvalue weighted by Gasteiger charge is -2.14. The van der Waals surface area contributed by atoms with E-state index in [2.05, 4.69) is 9.97 Å². The molecule has 1 aromatic heterocycles. The molecule has 2 aromatic rings. The first-order valence-corrected chi connectivity index (χ1v) is 7.33. The Morgan fingerprint density at radius 1 is 1.42 bits per heavy atom. The number of nitrogens with one attached hydrogen (secondary N) is 1. The van der Waals surface area contributed by atoms with Gasteiger partial charge in [0.15, 0.2) is 0 Å². The third-order valence-corrected chi connectivity index (χ3v) is 3.32. The molecule has 0 fully saturated rings. The first kappa shape index (κ1) is 17.2. The molecule has 8 nitrogen and oxygen atoms in total. The van der Waals surface area contributed by atoms with Crippen LogP contribution in [0.1, 0.15) is 31.7 Å². The first-order valence-electron chi connectivity index (χ1n) is 7.33. The number of H-pyrrole nitrogens is 1. The molecule has 0 aliphatic rings. The molecule has 8 heteroatoms. The number of aromatic nitrogens is 2. The van der Waals surface area contributed by atoms with Gasteiger partial charge in [0.25, 0.3) is 5.88 Å². The van der Waals surface area contributed by atoms with Crippen LogP contribution in [0.25, 0.3) is 12.2 Å². The highest BCUT2D eigenvalue weighted by Crippen LogP contribution is 2.23. The summed E-state index contributed by atoms with van der Waals surface area (Å²) in [5, 5.41) is 20.2. The van der Waals surface area contributed by atoms with E-state index in [0.29, 0.717) is 5.75 Å². The van der Waals surface area contributed by atoms with Crippen LogP contribution in [0, 0.1) is 10.1 Å². The summed E-state index contributed by atoms with van der Waals surface area (Å²) in [7, 11) is 0. The summed E-state index contributed by atoms with van der Waals surface area (Å²) in [4.78, 5) is 27.1. The highest BCUT2D eigenvalue weighted by Gasteiger charge is 2.21. The molecule has 126 valence electrons. The van der Waals surface area contributed by atoms with Gasteiger partial charge in [-0.25, -0.2) is 0 Å². The van der Waals surface area contributed by atoms with E-state index in [9.17, 15) is 20.0 Å². The summed E-state index contributed by atoms with van der Waals surface area (Å²) in [6.45, 7) is 3.96. The molecule has 0 saturated heterocycles. The molecule has 0 aliphatic heterocycles. The summed E-state index contributed by atoms with van der Waals surface area (Å²) < 4.78 is 5.80. The van der Waals surface area contributed by atoms with Gasteiger partial charge in [0.1, 0.15) is 11.6 Å². The van der Waals surface area contributed by atoms with Crippen molar-refractivity contribution in [3.63, 3.8) is 0 Å². The predicted molar refractivity (Wildman–Crippen MR) is 88.9 cm³/mol. The number of rotatable bonds is 6. The molecule has 24 heavy (non-hydrogen) atoms. The highest BCUT2D eigenvalue weighted by atomic mass is 16.6. The molecule has 0 unspecified atom stereocenters. The lowest BCUT2D eigenvalue weighted by Crippen LogP contribution is -2.14. The van der Waals surface area contributed by atoms with Crippen LogP contribution in [0.2, 0.25) is 0 Å². The molecule has 0 spiro atoms. The molecule has 0 radical (unpaired) electrons. The zero-order valence-electron chi connectivity index (χ0n) is 13.2. The van der Waals surface area contributed by atoms with E-state index in [1.807, 2.05) is 38.1 Å². The Balaban J connectivity index is 2.32. The molecule has 1 heterocycles. The second-order valence-corrected chi connectivity index (χ2v) is 5.09. The standard InChI is InChI=1S/C16H17N3O5/c1-3-10(2)24-12-7-5-4-6-11(12)8-9-13-17-15(20)14(19(22)23)16(21)18-13/h4-10H,3H2,1-2H3,(H2,17,18,20,21)/b9-8-/t10-/m0/s1. The number of aromatic hydroxyl groups is 1. The van der Waals surface area contributed by atoms with Crippen LogP contribution in [0.3, 0.4) is 0 Å². The van der Waals surface area contributed by atoms with Gasteiger partial charge >= 0.3 is 11.2 Å². The minimum absolute atomic E-state index is 0.00134. The molecule has 2 N–H and O–H groups in total. The summed E-state index contributed by atoms with van der Waals surface area (Å²) in [6.07, 6.45) is 3.97. The van der Waals surface area contributed by atoms with Crippen molar-refractivity contribution < 1.29 is 14.8 Å². The van der Waals surface area contributed by atoms with Crippen molar-refractivity contribution in [3.05, 3.63) is 56.1 Å². The molecule has 0 aliphatic carbocycles. The Hall–Kier alpha value is -3.16. The van der Waals surface area contributed by atoms with Crippen molar-refractivity contribution in [2.75, 3.05) is 0 Å². The van der Waals surface area contributed by atoms with Crippen molar-refractivity contribution >= 4 is 17.8 Å². The maximum absolute atomic E-state index is 11.6. The maximum Gasteiger partial charge on any atom is 0.395 e. The smallest absolute Gasteiger partial charge is 0.395 e. The molecule has 0 bridgehead atoms. The number of nitrogens with zero attached hydrogens (tertiary/aromatic N) is 2. The molecule has 1 aromatic carbocycles. The van der Waals surface area contributed by atoms with Gasteiger partial charge < -0.3 is 14.8 Å². The van der Waals surface area contributed by atoms with E-state index in [1.54, 1.807) is 6.08 Å². The van der Waals surface area contributed by atoms with Crippen LogP contribution >= 0.6 is 0 Å². The van der Waals surface area contributed by atoms with Crippen LogP contribution in [0.5, 0.6) is 11.6 Å². The second kappa shape index (κ2) is 7.40. The van der Waals surface area contributed by atoms with Crippen molar-refractivity contribution in [2.24, 2.45) is 0 Å². The second-order valence-electron chi connectivity index (χ2n) is 5.09. The summed E-state index contributed by atoms with van der Waals surface area (Å²) >= 11 is 0. The number of ether oxygens (including phenoxy) is 1. The van der Waals surface area contributed by atoms with Crippen molar-refractivity contribution in [2.45, 2.75) is 26.4 Å². The Bertz CT molecular complexity index is 829. The van der Waals surface area contributed by atoms with Crippen LogP contribution in [0.4, 0.5) is 5.69 Å². The quantitative estimate of drug-likeness (QED) is 0.620. The average molecular weight is 331 g/mol. The SMILES string of the molecule is CC[C@H](C)Oc1ccccc1/C=C\c1nc(O)c([N+](=O)[O-])c(=O)[nH]1. The number of nitro groups is 1. The third-order valence-electron chi connectivity index (χ3n) is 3.32. The number of hydrogen-bond donors (Lipinski definition) is 2. The lowest BCUT2D eigenvalue weighted by atomic mass is 10.2. The van der Waals surface area contributed by atoms with Gasteiger partial charge in [-0.2, -0.15) is 4.98 Å². The highest BCUT2D eigenvalue weighted by molar-refractivity contribution is 5.70. The number of aromatic amines is 1. The van der Waals surface area contributed by atoms with E-state index in [1.165, 1.54) is 6.08 Å². The largest absolute Gasteiger partial charge is 0.490 e. The Morgan fingerprint density at radius 2 is 2.12 bits per heavy atom. The first-order chi connectivity index (χ1) is 11.4. The van der Waals surface area contributed by atoms with Crippen molar-refractivity contribution in [3.8, 4) is 11.6 Å². The van der Waals surface area contributed by atoms with Gasteiger partial charge in [-0.3, -0.25) is 14.9 Å². The van der Waals surface area contributed by atoms with Gasteiger partial charge in [-0.15, -0.1) is 0 Å². The van der Waals surface area contributed by atoms with E-state index < -0.39 is 22.0 Å². The van der Waals surface area contributed by atoms with E-state index in [4.69, 9.17) is 4.74 Å². The number of benzene rings is 1. The van der Waals surface area contributed by atoms with Crippen molar-refractivity contribution in [1.29, 1.82) is 0 Å². The maximum atomic E-state index is 11.6. The monoisotopic (exact) mass is 331 g/mol. The Labute approximate surface area is 137 Å². The van der Waals surface area contributed by atoms with Crippen LogP contribution < -0.4 is 10.3 Å². The fourth-order valence-corrected chi connectivity index (χ4v) is 1.91. The summed E-state index contributed by atoms with van der Waals surface area (Å²) in [5.41, 5.74) is -1.25. The van der Waals surface area contributed by atoms with Gasteiger partial charge in [-0.05, 0) is 31.6 Å². The van der Waals surface area contributed by atoms with Crippen LogP contribution in [-0.2, 0) is 0 Å². The van der Waals surface area contributed by atoms with Crippen LogP contribution in [0.15, 0.2) is 29.1 Å². The van der Waals surface area contributed by atoms with Crippen molar-refractivity contribution in [1.82, 2.24) is 9.97 Å². The molecule has 2 rings (SSSR count). The normalized spacial score (nSPS) is 12.2. The number of para-hydroxylation sites is 1. The zero-order valence-corrected chi connectivity index (χ0v) is 13.2.